The van der Waals surface area contributed by atoms with E-state index in [1.165, 1.54) is 4.90 Å². The molecule has 0 spiro atoms. The molecule has 190 valence electrons. The molecule has 11 nitrogen and oxygen atoms in total. The zero-order chi connectivity index (χ0) is 25.0. The average Bonchev–Trinajstić information content (AvgIpc) is 3.16. The van der Waals surface area contributed by atoms with Gasteiger partial charge in [0.15, 0.2) is 17.0 Å². The molecule has 1 amide bonds. The minimum atomic E-state index is -0.915. The minimum Gasteiger partial charge on any atom is -0.468 e. The predicted octanol–water partition coefficient (Wildman–Crippen LogP) is 3.61. The highest BCUT2D eigenvalue weighted by molar-refractivity contribution is 5.83. The van der Waals surface area contributed by atoms with Gasteiger partial charge < -0.3 is 20.3 Å². The van der Waals surface area contributed by atoms with E-state index in [0.717, 1.165) is 45.2 Å². The minimum absolute atomic E-state index is 0.00236. The molecule has 34 heavy (non-hydrogen) atoms. The molecule has 1 unspecified atom stereocenters. The molecule has 2 aromatic rings. The van der Waals surface area contributed by atoms with E-state index in [0.29, 0.717) is 23.8 Å². The standard InChI is InChI=1S/C23H39N7O4/c1-7-8-13-34-20-26-18(24)17-19(27-20)30(21(25-17)33-6)15-9-11-29(12-10-15)16(14-23(2,3)4)28(5)22(31)32/h15-16H,7-14H2,1-6H3,(H,31,32)(H2,24,26,27). The maximum absolute atomic E-state index is 11.7. The summed E-state index contributed by atoms with van der Waals surface area (Å²) in [6, 6.07) is 0.765. The molecule has 3 N–H and O–H groups in total. The number of carboxylic acid groups (broad SMARTS) is 1. The Morgan fingerprint density at radius 3 is 2.50 bits per heavy atom. The van der Waals surface area contributed by atoms with Crippen LogP contribution in [-0.4, -0.2) is 80.5 Å². The van der Waals surface area contributed by atoms with E-state index in [2.05, 4.69) is 47.5 Å². The highest BCUT2D eigenvalue weighted by atomic mass is 16.5. The number of nitrogens with two attached hydrogens (primary N) is 1. The van der Waals surface area contributed by atoms with Crippen LogP contribution < -0.4 is 15.2 Å². The second kappa shape index (κ2) is 10.6. The maximum Gasteiger partial charge on any atom is 0.408 e. The van der Waals surface area contributed by atoms with E-state index in [1.807, 2.05) is 4.57 Å². The van der Waals surface area contributed by atoms with Crippen LogP contribution in [0.5, 0.6) is 12.0 Å². The molecule has 1 saturated heterocycles. The Morgan fingerprint density at radius 1 is 1.26 bits per heavy atom. The lowest BCUT2D eigenvalue weighted by Gasteiger charge is -2.43. The zero-order valence-corrected chi connectivity index (χ0v) is 21.2. The Hall–Kier alpha value is -2.82. The zero-order valence-electron chi connectivity index (χ0n) is 21.2. The molecule has 0 bridgehead atoms. The van der Waals surface area contributed by atoms with Gasteiger partial charge in [0.25, 0.3) is 6.01 Å². The summed E-state index contributed by atoms with van der Waals surface area (Å²) in [6.45, 7) is 10.5. The van der Waals surface area contributed by atoms with Gasteiger partial charge in [-0.05, 0) is 31.1 Å². The fourth-order valence-corrected chi connectivity index (χ4v) is 4.43. The number of hydrogen-bond acceptors (Lipinski definition) is 8. The smallest absolute Gasteiger partial charge is 0.408 e. The lowest BCUT2D eigenvalue weighted by molar-refractivity contribution is 0.0147. The number of carbonyl (C=O) groups is 1. The first-order chi connectivity index (χ1) is 16.1. The summed E-state index contributed by atoms with van der Waals surface area (Å²) in [5.74, 6) is 0.263. The SMILES string of the molecule is CCCCOc1nc(N)c2nc(OC)n(C3CCN(C(CC(C)(C)C)N(C)C(=O)O)CC3)c2n1. The Kier molecular flexibility index (Phi) is 8.06. The number of aromatic nitrogens is 4. The normalized spacial score (nSPS) is 16.5. The van der Waals surface area contributed by atoms with Crippen molar-refractivity contribution in [3.05, 3.63) is 0 Å². The Balaban J connectivity index is 1.85. The lowest BCUT2D eigenvalue weighted by Crippen LogP contribution is -2.52. The van der Waals surface area contributed by atoms with Gasteiger partial charge in [-0.2, -0.15) is 15.0 Å². The highest BCUT2D eigenvalue weighted by Gasteiger charge is 2.34. The van der Waals surface area contributed by atoms with Gasteiger partial charge in [0.1, 0.15) is 0 Å². The molecule has 3 heterocycles. The quantitative estimate of drug-likeness (QED) is 0.520. The molecule has 1 atom stereocenters. The summed E-state index contributed by atoms with van der Waals surface area (Å²) >= 11 is 0. The number of unbranched alkanes of at least 4 members (excludes halogenated alkanes) is 1. The van der Waals surface area contributed by atoms with E-state index in [-0.39, 0.29) is 29.5 Å². The van der Waals surface area contributed by atoms with E-state index in [1.54, 1.807) is 14.2 Å². The summed E-state index contributed by atoms with van der Waals surface area (Å²) in [4.78, 5) is 28.8. The van der Waals surface area contributed by atoms with E-state index < -0.39 is 6.09 Å². The number of likely N-dealkylation sites (tertiary alicyclic amines) is 1. The first-order valence-corrected chi connectivity index (χ1v) is 12.0. The van der Waals surface area contributed by atoms with E-state index >= 15 is 0 Å². The van der Waals surface area contributed by atoms with Crippen LogP contribution in [0.1, 0.15) is 65.8 Å². The number of methoxy groups -OCH3 is 1. The summed E-state index contributed by atoms with van der Waals surface area (Å²) in [5, 5.41) is 9.63. The molecule has 0 radical (unpaired) electrons. The lowest BCUT2D eigenvalue weighted by atomic mass is 9.89. The summed E-state index contributed by atoms with van der Waals surface area (Å²) in [6.07, 6.45) is 3.16. The number of imidazole rings is 1. The second-order valence-corrected chi connectivity index (χ2v) is 10.1. The molecule has 0 aliphatic carbocycles. The van der Waals surface area contributed by atoms with Gasteiger partial charge in [0.05, 0.1) is 19.9 Å². The molecular weight excluding hydrogens is 438 g/mol. The Bertz CT molecular complexity index is 980. The summed E-state index contributed by atoms with van der Waals surface area (Å²) in [5.41, 5.74) is 7.27. The van der Waals surface area contributed by atoms with Crippen LogP contribution in [0.15, 0.2) is 0 Å². The van der Waals surface area contributed by atoms with Crippen molar-refractivity contribution in [2.45, 2.75) is 72.0 Å². The fraction of sp³-hybridized carbons (Fsp3) is 0.739. The number of anilines is 1. The van der Waals surface area contributed by atoms with Gasteiger partial charge >= 0.3 is 12.1 Å². The number of ether oxygens (including phenoxy) is 2. The van der Waals surface area contributed by atoms with Gasteiger partial charge in [-0.15, -0.1) is 0 Å². The maximum atomic E-state index is 11.7. The van der Waals surface area contributed by atoms with Crippen LogP contribution in [0.25, 0.3) is 11.2 Å². The third-order valence-electron chi connectivity index (χ3n) is 6.25. The van der Waals surface area contributed by atoms with Crippen LogP contribution in [0.2, 0.25) is 0 Å². The average molecular weight is 478 g/mol. The molecule has 0 aromatic carbocycles. The van der Waals surface area contributed by atoms with E-state index in [9.17, 15) is 9.90 Å². The van der Waals surface area contributed by atoms with Crippen molar-refractivity contribution in [3.63, 3.8) is 0 Å². The molecule has 11 heteroatoms. The van der Waals surface area contributed by atoms with Gasteiger partial charge in [-0.1, -0.05) is 34.1 Å². The number of nitrogens with zero attached hydrogens (tertiary/aromatic N) is 6. The van der Waals surface area contributed by atoms with Crippen molar-refractivity contribution >= 4 is 23.1 Å². The molecule has 1 aliphatic heterocycles. The monoisotopic (exact) mass is 477 g/mol. The largest absolute Gasteiger partial charge is 0.468 e. The Morgan fingerprint density at radius 2 is 1.94 bits per heavy atom. The first kappa shape index (κ1) is 25.8. The number of piperidine rings is 1. The van der Waals surface area contributed by atoms with Gasteiger partial charge in [0, 0.05) is 26.2 Å². The van der Waals surface area contributed by atoms with Gasteiger partial charge in [-0.3, -0.25) is 14.4 Å². The molecule has 3 rings (SSSR count). The predicted molar refractivity (Wildman–Crippen MR) is 130 cm³/mol. The van der Waals surface area contributed by atoms with Gasteiger partial charge in [-0.25, -0.2) is 4.79 Å². The van der Waals surface area contributed by atoms with E-state index in [4.69, 9.17) is 15.2 Å². The number of fused-ring (bicyclic) bond motifs is 1. The van der Waals surface area contributed by atoms with Crippen LogP contribution in [0.3, 0.4) is 0 Å². The van der Waals surface area contributed by atoms with Gasteiger partial charge in [0.2, 0.25) is 0 Å². The number of nitrogen functional groups attached to an aromatic ring is 1. The number of amides is 1. The molecular formula is C23H39N7O4. The van der Waals surface area contributed by atoms with Crippen molar-refractivity contribution in [2.75, 3.05) is 39.6 Å². The second-order valence-electron chi connectivity index (χ2n) is 10.1. The topological polar surface area (TPSA) is 132 Å². The van der Waals surface area contributed by atoms with Crippen LogP contribution in [0.4, 0.5) is 10.6 Å². The first-order valence-electron chi connectivity index (χ1n) is 12.0. The fourth-order valence-electron chi connectivity index (χ4n) is 4.43. The number of rotatable bonds is 9. The summed E-state index contributed by atoms with van der Waals surface area (Å²) < 4.78 is 13.3. The highest BCUT2D eigenvalue weighted by Crippen LogP contribution is 2.35. The van der Waals surface area contributed by atoms with Crippen molar-refractivity contribution in [1.29, 1.82) is 0 Å². The number of hydrogen-bond donors (Lipinski definition) is 2. The third kappa shape index (κ3) is 5.81. The van der Waals surface area contributed by atoms with Crippen molar-refractivity contribution < 1.29 is 19.4 Å². The summed E-state index contributed by atoms with van der Waals surface area (Å²) in [7, 11) is 3.23. The van der Waals surface area contributed by atoms with Crippen molar-refractivity contribution in [2.24, 2.45) is 5.41 Å². The molecule has 1 fully saturated rings. The van der Waals surface area contributed by atoms with Crippen LogP contribution in [0, 0.1) is 5.41 Å². The van der Waals surface area contributed by atoms with Crippen LogP contribution >= 0.6 is 0 Å². The molecule has 2 aromatic heterocycles. The van der Waals surface area contributed by atoms with Crippen molar-refractivity contribution in [1.82, 2.24) is 29.3 Å². The van der Waals surface area contributed by atoms with Crippen molar-refractivity contribution in [3.8, 4) is 12.0 Å². The Labute approximate surface area is 201 Å². The van der Waals surface area contributed by atoms with Crippen LogP contribution in [-0.2, 0) is 0 Å². The third-order valence-corrected chi connectivity index (χ3v) is 6.25. The molecule has 1 aliphatic rings. The molecule has 0 saturated carbocycles.